The van der Waals surface area contributed by atoms with Crippen molar-refractivity contribution in [1.82, 2.24) is 15.1 Å². The SMILES string of the molecule is CCn1cc(C2CCC2CNC(C)C)cn1. The molecule has 0 radical (unpaired) electrons. The fourth-order valence-corrected chi connectivity index (χ4v) is 2.38. The minimum Gasteiger partial charge on any atom is -0.314 e. The summed E-state index contributed by atoms with van der Waals surface area (Å²) in [5, 5.41) is 7.90. The van der Waals surface area contributed by atoms with E-state index in [9.17, 15) is 0 Å². The molecule has 3 nitrogen and oxygen atoms in total. The quantitative estimate of drug-likeness (QED) is 0.827. The lowest BCUT2D eigenvalue weighted by Crippen LogP contribution is -2.36. The van der Waals surface area contributed by atoms with Crippen LogP contribution in [-0.4, -0.2) is 22.4 Å². The molecule has 2 rings (SSSR count). The van der Waals surface area contributed by atoms with Gasteiger partial charge in [0.2, 0.25) is 0 Å². The van der Waals surface area contributed by atoms with Crippen LogP contribution in [0.1, 0.15) is 45.1 Å². The molecule has 1 aromatic heterocycles. The maximum atomic E-state index is 4.36. The molecule has 2 unspecified atom stereocenters. The second kappa shape index (κ2) is 5.00. The van der Waals surface area contributed by atoms with Gasteiger partial charge in [-0.15, -0.1) is 0 Å². The lowest BCUT2D eigenvalue weighted by atomic mass is 9.70. The molecule has 1 N–H and O–H groups in total. The normalized spacial score (nSPS) is 24.8. The first-order valence-electron chi connectivity index (χ1n) is 6.46. The van der Waals surface area contributed by atoms with Gasteiger partial charge in [-0.2, -0.15) is 5.10 Å². The van der Waals surface area contributed by atoms with Crippen LogP contribution in [0.15, 0.2) is 12.4 Å². The molecule has 1 aliphatic rings. The maximum absolute atomic E-state index is 4.36. The van der Waals surface area contributed by atoms with E-state index in [1.807, 2.05) is 4.68 Å². The Morgan fingerprint density at radius 2 is 2.31 bits per heavy atom. The third kappa shape index (κ3) is 2.46. The Kier molecular flexibility index (Phi) is 3.64. The molecule has 0 aliphatic heterocycles. The zero-order chi connectivity index (χ0) is 11.5. The number of hydrogen-bond donors (Lipinski definition) is 1. The van der Waals surface area contributed by atoms with Gasteiger partial charge in [-0.25, -0.2) is 0 Å². The van der Waals surface area contributed by atoms with Gasteiger partial charge in [-0.1, -0.05) is 13.8 Å². The Balaban J connectivity index is 1.90. The van der Waals surface area contributed by atoms with Crippen molar-refractivity contribution in [3.05, 3.63) is 18.0 Å². The Hall–Kier alpha value is -0.830. The van der Waals surface area contributed by atoms with E-state index in [0.29, 0.717) is 6.04 Å². The van der Waals surface area contributed by atoms with Gasteiger partial charge in [0.1, 0.15) is 0 Å². The predicted octanol–water partition coefficient (Wildman–Crippen LogP) is 2.39. The summed E-state index contributed by atoms with van der Waals surface area (Å²) >= 11 is 0. The first-order chi connectivity index (χ1) is 7.70. The van der Waals surface area contributed by atoms with E-state index in [4.69, 9.17) is 0 Å². The number of aromatic nitrogens is 2. The Morgan fingerprint density at radius 1 is 1.50 bits per heavy atom. The van der Waals surface area contributed by atoms with Crippen molar-refractivity contribution in [3.8, 4) is 0 Å². The van der Waals surface area contributed by atoms with Crippen LogP contribution >= 0.6 is 0 Å². The number of nitrogens with zero attached hydrogens (tertiary/aromatic N) is 2. The van der Waals surface area contributed by atoms with Crippen molar-refractivity contribution in [3.63, 3.8) is 0 Å². The summed E-state index contributed by atoms with van der Waals surface area (Å²) in [4.78, 5) is 0. The van der Waals surface area contributed by atoms with Crippen LogP contribution < -0.4 is 5.32 Å². The highest BCUT2D eigenvalue weighted by Gasteiger charge is 2.32. The van der Waals surface area contributed by atoms with Crippen LogP contribution in [0.25, 0.3) is 0 Å². The van der Waals surface area contributed by atoms with Crippen molar-refractivity contribution in [2.45, 2.75) is 52.1 Å². The molecule has 1 aliphatic carbocycles. The lowest BCUT2D eigenvalue weighted by molar-refractivity contribution is 0.240. The number of hydrogen-bond acceptors (Lipinski definition) is 2. The predicted molar refractivity (Wildman–Crippen MR) is 66.5 cm³/mol. The van der Waals surface area contributed by atoms with Gasteiger partial charge in [-0.05, 0) is 43.7 Å². The average molecular weight is 221 g/mol. The molecule has 0 aromatic carbocycles. The molecule has 90 valence electrons. The van der Waals surface area contributed by atoms with Crippen LogP contribution in [0.3, 0.4) is 0 Å². The van der Waals surface area contributed by atoms with Gasteiger partial charge in [0.15, 0.2) is 0 Å². The van der Waals surface area contributed by atoms with Gasteiger partial charge in [0, 0.05) is 18.8 Å². The van der Waals surface area contributed by atoms with E-state index in [0.717, 1.165) is 24.9 Å². The number of aryl methyl sites for hydroxylation is 1. The minimum absolute atomic E-state index is 0.597. The molecule has 16 heavy (non-hydrogen) atoms. The highest BCUT2D eigenvalue weighted by Crippen LogP contribution is 2.41. The van der Waals surface area contributed by atoms with Crippen LogP contribution in [-0.2, 0) is 6.54 Å². The molecular weight excluding hydrogens is 198 g/mol. The second-order valence-corrected chi connectivity index (χ2v) is 5.14. The summed E-state index contributed by atoms with van der Waals surface area (Å²) in [7, 11) is 0. The molecule has 1 aromatic rings. The van der Waals surface area contributed by atoms with Crippen molar-refractivity contribution >= 4 is 0 Å². The zero-order valence-electron chi connectivity index (χ0n) is 10.6. The summed E-state index contributed by atoms with van der Waals surface area (Å²) in [6.45, 7) is 8.68. The Labute approximate surface area is 98.2 Å². The highest BCUT2D eigenvalue weighted by molar-refractivity contribution is 5.16. The van der Waals surface area contributed by atoms with E-state index in [1.165, 1.54) is 18.4 Å². The van der Waals surface area contributed by atoms with Gasteiger partial charge in [0.25, 0.3) is 0 Å². The smallest absolute Gasteiger partial charge is 0.0524 e. The van der Waals surface area contributed by atoms with Gasteiger partial charge >= 0.3 is 0 Å². The van der Waals surface area contributed by atoms with E-state index >= 15 is 0 Å². The molecule has 0 spiro atoms. The standard InChI is InChI=1S/C13H23N3/c1-4-16-9-12(8-15-16)13-6-5-11(13)7-14-10(2)3/h8-11,13-14H,4-7H2,1-3H3. The summed E-state index contributed by atoms with van der Waals surface area (Å²) in [5.74, 6) is 1.56. The summed E-state index contributed by atoms with van der Waals surface area (Å²) in [6.07, 6.45) is 6.96. The Bertz CT molecular complexity index is 330. The van der Waals surface area contributed by atoms with Crippen LogP contribution in [0.2, 0.25) is 0 Å². The molecular formula is C13H23N3. The number of rotatable bonds is 5. The van der Waals surface area contributed by atoms with Crippen molar-refractivity contribution in [1.29, 1.82) is 0 Å². The van der Waals surface area contributed by atoms with Crippen molar-refractivity contribution in [2.75, 3.05) is 6.54 Å². The monoisotopic (exact) mass is 221 g/mol. The molecule has 1 saturated carbocycles. The first-order valence-corrected chi connectivity index (χ1v) is 6.46. The number of nitrogens with one attached hydrogen (secondary N) is 1. The third-order valence-electron chi connectivity index (χ3n) is 3.61. The van der Waals surface area contributed by atoms with Gasteiger partial charge in [0.05, 0.1) is 6.20 Å². The molecule has 1 fully saturated rings. The van der Waals surface area contributed by atoms with Gasteiger partial charge in [-0.3, -0.25) is 4.68 Å². The maximum Gasteiger partial charge on any atom is 0.0524 e. The lowest BCUT2D eigenvalue weighted by Gasteiger charge is -2.36. The topological polar surface area (TPSA) is 29.9 Å². The van der Waals surface area contributed by atoms with E-state index < -0.39 is 0 Å². The molecule has 2 atom stereocenters. The molecule has 0 saturated heterocycles. The zero-order valence-corrected chi connectivity index (χ0v) is 10.6. The summed E-state index contributed by atoms with van der Waals surface area (Å²) in [5.41, 5.74) is 1.43. The van der Waals surface area contributed by atoms with Crippen LogP contribution in [0.5, 0.6) is 0 Å². The van der Waals surface area contributed by atoms with E-state index in [2.05, 4.69) is 43.6 Å². The Morgan fingerprint density at radius 3 is 2.81 bits per heavy atom. The van der Waals surface area contributed by atoms with Gasteiger partial charge < -0.3 is 5.32 Å². The summed E-state index contributed by atoms with van der Waals surface area (Å²) in [6, 6.07) is 0.597. The highest BCUT2D eigenvalue weighted by atomic mass is 15.3. The molecule has 3 heteroatoms. The fraction of sp³-hybridized carbons (Fsp3) is 0.769. The third-order valence-corrected chi connectivity index (χ3v) is 3.61. The largest absolute Gasteiger partial charge is 0.314 e. The van der Waals surface area contributed by atoms with E-state index in [1.54, 1.807) is 0 Å². The molecule has 0 bridgehead atoms. The first kappa shape index (κ1) is 11.6. The molecule has 0 amide bonds. The van der Waals surface area contributed by atoms with Crippen molar-refractivity contribution in [2.24, 2.45) is 5.92 Å². The summed E-state index contributed by atoms with van der Waals surface area (Å²) < 4.78 is 2.03. The van der Waals surface area contributed by atoms with Crippen LogP contribution in [0.4, 0.5) is 0 Å². The second-order valence-electron chi connectivity index (χ2n) is 5.14. The van der Waals surface area contributed by atoms with Crippen molar-refractivity contribution < 1.29 is 0 Å². The minimum atomic E-state index is 0.597. The molecule has 1 heterocycles. The van der Waals surface area contributed by atoms with Crippen LogP contribution in [0, 0.1) is 5.92 Å². The average Bonchev–Trinajstić information content (AvgIpc) is 2.64. The fourth-order valence-electron chi connectivity index (χ4n) is 2.38. The van der Waals surface area contributed by atoms with E-state index in [-0.39, 0.29) is 0 Å².